The van der Waals surface area contributed by atoms with Gasteiger partial charge in [-0.3, -0.25) is 53.7 Å². The number of likely N-dealkylation sites (tertiary alicyclic amines) is 1. The molecule has 25 heteroatoms. The monoisotopic (exact) mass is 1100 g/mol. The number of morpholine rings is 1. The van der Waals surface area contributed by atoms with E-state index in [2.05, 4.69) is 35.9 Å². The summed E-state index contributed by atoms with van der Waals surface area (Å²) in [5.74, 6) is 3.58. The summed E-state index contributed by atoms with van der Waals surface area (Å²) in [6.07, 6.45) is 7.39. The van der Waals surface area contributed by atoms with Gasteiger partial charge < -0.3 is 45.1 Å². The number of nitrogens with one attached hydrogen (secondary N) is 3. The van der Waals surface area contributed by atoms with Crippen molar-refractivity contribution in [2.24, 2.45) is 23.3 Å². The largest absolute Gasteiger partial charge is 0.491 e. The van der Waals surface area contributed by atoms with Crippen LogP contribution in [0, 0.1) is 19.8 Å². The van der Waals surface area contributed by atoms with Crippen molar-refractivity contribution in [2.75, 3.05) is 63.2 Å². The van der Waals surface area contributed by atoms with E-state index in [9.17, 15) is 28.8 Å². The van der Waals surface area contributed by atoms with Gasteiger partial charge in [0, 0.05) is 69.9 Å². The van der Waals surface area contributed by atoms with E-state index in [0.29, 0.717) is 135 Å². The van der Waals surface area contributed by atoms with Crippen molar-refractivity contribution in [3.63, 3.8) is 0 Å². The number of anilines is 2. The number of amides is 6. The first-order valence-electron chi connectivity index (χ1n) is 27.3. The van der Waals surface area contributed by atoms with Crippen LogP contribution in [0.5, 0.6) is 5.75 Å². The fourth-order valence-corrected chi connectivity index (χ4v) is 10.4. The molecule has 1 atom stereocenters. The molecule has 1 spiro atoms. The summed E-state index contributed by atoms with van der Waals surface area (Å²) in [6.45, 7) is 16.5. The Morgan fingerprint density at radius 3 is 2.01 bits per heavy atom. The smallest absolute Gasteiger partial charge is 0.276 e. The maximum Gasteiger partial charge on any atom is 0.276 e. The second kappa shape index (κ2) is 25.9. The zero-order chi connectivity index (χ0) is 57.3. The number of carbonyl (C=O) groups excluding carboxylic acids is 6. The SMILES string of the molecule is CCn1nc(C)cc1C(=O)Nc1nc2cc(C(N)=O)ccc2n1C/C=C/Cn1c(NC(=O)c2cc(C)nn2CC)nc2cc(C(N)=O)cc(OCCCN3CC4(C3)CN(C(=O)[C@H](CC(C)C)NC(=O)CCCCCON)CCO4)c21. The number of allylic oxidation sites excluding steroid dienone is 2. The number of hydrogen-bond donors (Lipinski definition) is 6. The van der Waals surface area contributed by atoms with Gasteiger partial charge in [0.2, 0.25) is 35.5 Å². The number of unbranched alkanes of at least 4 members (excludes halogenated alkanes) is 2. The predicted molar refractivity (Wildman–Crippen MR) is 299 cm³/mol. The fourth-order valence-electron chi connectivity index (χ4n) is 10.4. The third-order valence-electron chi connectivity index (χ3n) is 14.2. The van der Waals surface area contributed by atoms with Crippen molar-refractivity contribution in [2.45, 2.75) is 118 Å². The van der Waals surface area contributed by atoms with Gasteiger partial charge in [0.05, 0.1) is 54.3 Å². The molecule has 2 fully saturated rings. The highest BCUT2D eigenvalue weighted by Crippen LogP contribution is 2.33. The van der Waals surface area contributed by atoms with Crippen LogP contribution in [-0.2, 0) is 45.3 Å². The van der Waals surface area contributed by atoms with Crippen LogP contribution < -0.4 is 38.1 Å². The molecule has 6 amide bonds. The van der Waals surface area contributed by atoms with Crippen molar-refractivity contribution >= 4 is 69.4 Å². The lowest BCUT2D eigenvalue weighted by Gasteiger charge is -2.54. The number of aromatic nitrogens is 8. The Bertz CT molecular complexity index is 3270. The Kier molecular flexibility index (Phi) is 18.8. The topological polar surface area (TPSA) is 322 Å². The lowest BCUT2D eigenvalue weighted by Crippen LogP contribution is -2.71. The van der Waals surface area contributed by atoms with E-state index in [4.69, 9.17) is 36.8 Å². The first kappa shape index (κ1) is 58.2. The van der Waals surface area contributed by atoms with Crippen LogP contribution in [0.25, 0.3) is 22.1 Å². The summed E-state index contributed by atoms with van der Waals surface area (Å²) >= 11 is 0. The zero-order valence-electron chi connectivity index (χ0n) is 46.5. The minimum absolute atomic E-state index is 0.0990. The zero-order valence-corrected chi connectivity index (χ0v) is 46.5. The molecule has 4 aromatic heterocycles. The number of fused-ring (bicyclic) bond motifs is 2. The molecule has 0 aliphatic carbocycles. The molecule has 80 heavy (non-hydrogen) atoms. The van der Waals surface area contributed by atoms with Crippen LogP contribution in [-0.4, -0.2) is 148 Å². The molecule has 9 N–H and O–H groups in total. The average molecular weight is 1100 g/mol. The van der Waals surface area contributed by atoms with Crippen LogP contribution in [0.3, 0.4) is 0 Å². The van der Waals surface area contributed by atoms with E-state index < -0.39 is 35.3 Å². The van der Waals surface area contributed by atoms with Crippen LogP contribution in [0.2, 0.25) is 0 Å². The van der Waals surface area contributed by atoms with E-state index in [1.807, 2.05) is 44.7 Å². The molecule has 0 saturated carbocycles. The van der Waals surface area contributed by atoms with Gasteiger partial charge in [0.15, 0.2) is 0 Å². The van der Waals surface area contributed by atoms with Gasteiger partial charge >= 0.3 is 0 Å². The van der Waals surface area contributed by atoms with Crippen molar-refractivity contribution in [3.8, 4) is 5.75 Å². The fraction of sp³-hybridized carbons (Fsp3) is 0.491. The van der Waals surface area contributed by atoms with E-state index in [-0.39, 0.29) is 60.5 Å². The maximum atomic E-state index is 14.0. The highest BCUT2D eigenvalue weighted by Gasteiger charge is 2.48. The first-order chi connectivity index (χ1) is 38.4. The minimum Gasteiger partial charge on any atom is -0.491 e. The standard InChI is InChI=1S/C55H74N16O9/c1-7-70-43(26-35(5)64-70)50(75)62-53-60-39-28-37(48(56)73)16-17-42(39)68(53)19-11-12-20-69-47-40(61-54(69)63-51(76)44-27-36(6)65-71(44)8-2)29-38(49(57)74)30-45(47)78-22-14-18-66-31-55(32-66)33-67(21-24-79-55)52(77)41(25-34(3)4)59-46(72)15-10-9-13-23-80-58/h11-12,16-17,26-30,34,41H,7-10,13-15,18-25,31-33,58H2,1-6H3,(H2,56,73)(H2,57,74)(H,59,72)(H,60,62,75)(H,61,63,76)/b12-11+/t41-/m0/s1. The Balaban J connectivity index is 0.988. The number of carbonyl (C=O) groups is 6. The number of benzene rings is 2. The normalized spacial score (nSPS) is 14.8. The third-order valence-corrected chi connectivity index (χ3v) is 14.2. The van der Waals surface area contributed by atoms with E-state index in [0.717, 1.165) is 12.8 Å². The van der Waals surface area contributed by atoms with Gasteiger partial charge in [-0.25, -0.2) is 15.9 Å². The Labute approximate surface area is 463 Å². The van der Waals surface area contributed by atoms with E-state index in [1.165, 1.54) is 0 Å². The molecule has 0 bridgehead atoms. The van der Waals surface area contributed by atoms with Crippen LogP contribution >= 0.6 is 0 Å². The Morgan fingerprint density at radius 1 is 0.762 bits per heavy atom. The summed E-state index contributed by atoms with van der Waals surface area (Å²) in [6, 6.07) is 10.8. The molecule has 8 rings (SSSR count). The number of primary amides is 2. The molecule has 2 saturated heterocycles. The number of aryl methyl sites for hydroxylation is 4. The molecule has 2 aromatic carbocycles. The molecular formula is C55H74N16O9. The average Bonchev–Trinajstić information content (AvgIpc) is 4.23. The summed E-state index contributed by atoms with van der Waals surface area (Å²) in [5, 5.41) is 17.8. The molecule has 25 nitrogen and oxygen atoms in total. The van der Waals surface area contributed by atoms with Crippen LogP contribution in [0.1, 0.15) is 119 Å². The Hall–Kier alpha value is -8.00. The van der Waals surface area contributed by atoms with E-state index >= 15 is 0 Å². The number of nitrogens with zero attached hydrogens (tertiary/aromatic N) is 10. The number of rotatable bonds is 27. The minimum atomic E-state index is -0.694. The number of ether oxygens (including phenoxy) is 2. The maximum absolute atomic E-state index is 14.0. The van der Waals surface area contributed by atoms with Gasteiger partial charge in [-0.1, -0.05) is 32.4 Å². The lowest BCUT2D eigenvalue weighted by molar-refractivity contribution is -0.190. The molecule has 2 aliphatic heterocycles. The lowest BCUT2D eigenvalue weighted by atomic mass is 9.91. The highest BCUT2D eigenvalue weighted by atomic mass is 16.6. The van der Waals surface area contributed by atoms with Crippen molar-refractivity contribution in [1.29, 1.82) is 0 Å². The molecule has 428 valence electrons. The number of nitrogens with two attached hydrogens (primary N) is 3. The molecule has 2 aliphatic rings. The quantitative estimate of drug-likeness (QED) is 0.0241. The molecular weight excluding hydrogens is 1030 g/mol. The van der Waals surface area contributed by atoms with Crippen LogP contribution in [0.15, 0.2) is 54.6 Å². The second-order valence-electron chi connectivity index (χ2n) is 20.9. The second-order valence-corrected chi connectivity index (χ2v) is 20.9. The van der Waals surface area contributed by atoms with Crippen molar-refractivity contribution < 1.29 is 43.1 Å². The summed E-state index contributed by atoms with van der Waals surface area (Å²) in [4.78, 5) is 97.7. The van der Waals surface area contributed by atoms with Crippen molar-refractivity contribution in [3.05, 3.63) is 88.5 Å². The Morgan fingerprint density at radius 2 is 1.39 bits per heavy atom. The van der Waals surface area contributed by atoms with Crippen molar-refractivity contribution in [1.82, 2.24) is 53.8 Å². The summed E-state index contributed by atoms with van der Waals surface area (Å²) in [7, 11) is 0. The summed E-state index contributed by atoms with van der Waals surface area (Å²) in [5.41, 5.74) is 15.3. The van der Waals surface area contributed by atoms with Crippen LogP contribution in [0.4, 0.5) is 11.9 Å². The molecule has 0 radical (unpaired) electrons. The van der Waals surface area contributed by atoms with Gasteiger partial charge in [0.25, 0.3) is 11.8 Å². The third kappa shape index (κ3) is 13.7. The highest BCUT2D eigenvalue weighted by molar-refractivity contribution is 6.05. The van der Waals surface area contributed by atoms with Gasteiger partial charge in [-0.15, -0.1) is 0 Å². The van der Waals surface area contributed by atoms with Gasteiger partial charge in [-0.05, 0) is 102 Å². The predicted octanol–water partition coefficient (Wildman–Crippen LogP) is 4.06. The molecule has 6 heterocycles. The number of hydrogen-bond acceptors (Lipinski definition) is 15. The molecule has 0 unspecified atom stereocenters. The summed E-state index contributed by atoms with van der Waals surface area (Å²) < 4.78 is 19.6. The van der Waals surface area contributed by atoms with Gasteiger partial charge in [-0.2, -0.15) is 10.2 Å². The van der Waals surface area contributed by atoms with Gasteiger partial charge in [0.1, 0.15) is 34.3 Å². The number of imidazole rings is 2. The molecule has 6 aromatic rings. The van der Waals surface area contributed by atoms with E-state index in [1.54, 1.807) is 74.8 Å². The first-order valence-corrected chi connectivity index (χ1v) is 27.3.